The predicted molar refractivity (Wildman–Crippen MR) is 150 cm³/mol. The molecule has 1 saturated carbocycles. The molecule has 0 radical (unpaired) electrons. The van der Waals surface area contributed by atoms with Gasteiger partial charge in [-0.25, -0.2) is 4.39 Å². The molecule has 4 aromatic rings. The molecule has 0 bridgehead atoms. The van der Waals surface area contributed by atoms with E-state index in [2.05, 4.69) is 20.7 Å². The number of benzene rings is 3. The summed E-state index contributed by atoms with van der Waals surface area (Å²) in [7, 11) is 1.55. The van der Waals surface area contributed by atoms with Crippen molar-refractivity contribution in [3.05, 3.63) is 84.2 Å². The Kier molecular flexibility index (Phi) is 8.52. The van der Waals surface area contributed by atoms with Crippen molar-refractivity contribution in [1.82, 2.24) is 25.5 Å². The van der Waals surface area contributed by atoms with Crippen LogP contribution in [0.4, 0.5) is 10.1 Å². The number of carbonyl (C=O) groups is 2. The van der Waals surface area contributed by atoms with E-state index < -0.39 is 17.8 Å². The molecule has 1 aliphatic rings. The largest absolute Gasteiger partial charge is 0.508 e. The van der Waals surface area contributed by atoms with E-state index in [9.17, 15) is 19.1 Å². The minimum absolute atomic E-state index is 0.00145. The lowest BCUT2D eigenvalue weighted by Gasteiger charge is -2.33. The lowest BCUT2D eigenvalue weighted by atomic mass is 9.94. The first kappa shape index (κ1) is 27.8. The number of ether oxygens (including phenoxy) is 1. The lowest BCUT2D eigenvalue weighted by molar-refractivity contribution is -0.127. The van der Waals surface area contributed by atoms with Crippen molar-refractivity contribution in [2.45, 2.75) is 50.7 Å². The molecule has 3 aromatic carbocycles. The summed E-state index contributed by atoms with van der Waals surface area (Å²) in [6.07, 6.45) is 4.90. The van der Waals surface area contributed by atoms with Crippen LogP contribution in [0.1, 0.15) is 43.7 Å². The van der Waals surface area contributed by atoms with Gasteiger partial charge in [0, 0.05) is 17.8 Å². The van der Waals surface area contributed by atoms with Crippen LogP contribution in [0.5, 0.6) is 11.5 Å². The fourth-order valence-electron chi connectivity index (χ4n) is 5.07. The summed E-state index contributed by atoms with van der Waals surface area (Å²) < 4.78 is 19.6. The Balaban J connectivity index is 1.51. The highest BCUT2D eigenvalue weighted by Crippen LogP contribution is 2.32. The average molecular weight is 559 g/mol. The van der Waals surface area contributed by atoms with Gasteiger partial charge in [0.1, 0.15) is 29.9 Å². The molecule has 0 saturated heterocycles. The molecule has 2 amide bonds. The SMILES string of the molecule is COc1ccc([C@@H](C(=O)NC2CCCCC2)N(C(=O)Cn2nnc(-c3ccccc3F)n2)c2cccc(O)c2)cc1. The van der Waals surface area contributed by atoms with Crippen molar-refractivity contribution in [2.75, 3.05) is 12.0 Å². The Labute approximate surface area is 236 Å². The fourth-order valence-corrected chi connectivity index (χ4v) is 5.07. The number of methoxy groups -OCH3 is 1. The van der Waals surface area contributed by atoms with E-state index in [4.69, 9.17) is 4.74 Å². The number of phenols is 1. The quantitative estimate of drug-likeness (QED) is 0.312. The molecule has 1 aliphatic carbocycles. The van der Waals surface area contributed by atoms with E-state index >= 15 is 0 Å². The third-order valence-electron chi connectivity index (χ3n) is 7.11. The molecule has 11 heteroatoms. The number of phenolic OH excluding ortho intramolecular Hbond substituents is 1. The van der Waals surface area contributed by atoms with Gasteiger partial charge in [-0.3, -0.25) is 14.5 Å². The van der Waals surface area contributed by atoms with Gasteiger partial charge < -0.3 is 15.2 Å². The van der Waals surface area contributed by atoms with Crippen LogP contribution in [-0.4, -0.2) is 50.3 Å². The number of amides is 2. The van der Waals surface area contributed by atoms with Gasteiger partial charge in [-0.1, -0.05) is 49.6 Å². The molecule has 2 N–H and O–H groups in total. The maximum absolute atomic E-state index is 14.3. The smallest absolute Gasteiger partial charge is 0.251 e. The molecule has 1 heterocycles. The Hall–Kier alpha value is -4.80. The van der Waals surface area contributed by atoms with Gasteiger partial charge in [-0.2, -0.15) is 4.80 Å². The zero-order valence-electron chi connectivity index (χ0n) is 22.6. The maximum atomic E-state index is 14.3. The van der Waals surface area contributed by atoms with Crippen molar-refractivity contribution in [1.29, 1.82) is 0 Å². The number of aromatic nitrogens is 4. The van der Waals surface area contributed by atoms with Crippen LogP contribution < -0.4 is 15.0 Å². The van der Waals surface area contributed by atoms with Crippen LogP contribution in [0.15, 0.2) is 72.8 Å². The molecule has 1 aromatic heterocycles. The summed E-state index contributed by atoms with van der Waals surface area (Å²) in [6.45, 7) is -0.388. The van der Waals surface area contributed by atoms with Gasteiger partial charge >= 0.3 is 0 Å². The summed E-state index contributed by atoms with van der Waals surface area (Å²) >= 11 is 0. The minimum atomic E-state index is -1.08. The van der Waals surface area contributed by atoms with Crippen molar-refractivity contribution < 1.29 is 23.8 Å². The van der Waals surface area contributed by atoms with Gasteiger partial charge in [0.2, 0.25) is 11.7 Å². The standard InChI is InChI=1S/C30H31FN6O4/c1-41-24-16-14-20(15-17-24)28(30(40)32-21-8-3-2-4-9-21)37(22-10-7-11-23(38)18-22)27(39)19-36-34-29(33-35-36)25-12-5-6-13-26(25)31/h5-7,10-18,21,28,38H,2-4,8-9,19H2,1H3,(H,32,40)/t28-/m0/s1. The topological polar surface area (TPSA) is 122 Å². The molecule has 212 valence electrons. The second-order valence-electron chi connectivity index (χ2n) is 9.93. The Morgan fingerprint density at radius 3 is 2.54 bits per heavy atom. The number of carbonyl (C=O) groups excluding carboxylic acids is 2. The second-order valence-corrected chi connectivity index (χ2v) is 9.93. The van der Waals surface area contributed by atoms with E-state index in [-0.39, 0.29) is 35.6 Å². The highest BCUT2D eigenvalue weighted by Gasteiger charge is 2.35. The Bertz CT molecular complexity index is 1500. The number of hydrogen-bond donors (Lipinski definition) is 2. The van der Waals surface area contributed by atoms with E-state index in [0.717, 1.165) is 36.9 Å². The second kappa shape index (κ2) is 12.6. The number of rotatable bonds is 9. The third-order valence-corrected chi connectivity index (χ3v) is 7.11. The molecule has 1 atom stereocenters. The Morgan fingerprint density at radius 1 is 1.07 bits per heavy atom. The number of nitrogens with one attached hydrogen (secondary N) is 1. The molecule has 0 unspecified atom stereocenters. The van der Waals surface area contributed by atoms with Gasteiger partial charge in [-0.15, -0.1) is 10.2 Å². The number of nitrogens with zero attached hydrogens (tertiary/aromatic N) is 5. The molecule has 1 fully saturated rings. The maximum Gasteiger partial charge on any atom is 0.251 e. The van der Waals surface area contributed by atoms with Gasteiger partial charge in [0.15, 0.2) is 0 Å². The normalized spacial score (nSPS) is 14.3. The molecule has 0 aliphatic heterocycles. The molecular weight excluding hydrogens is 527 g/mol. The van der Waals surface area contributed by atoms with Crippen molar-refractivity contribution >= 4 is 17.5 Å². The van der Waals surface area contributed by atoms with Crippen LogP contribution in [0.2, 0.25) is 0 Å². The summed E-state index contributed by atoms with van der Waals surface area (Å²) in [4.78, 5) is 30.4. The number of halogens is 1. The number of tetrazole rings is 1. The summed E-state index contributed by atoms with van der Waals surface area (Å²) in [5.74, 6) is -0.838. The van der Waals surface area contributed by atoms with Crippen LogP contribution >= 0.6 is 0 Å². The number of aromatic hydroxyl groups is 1. The number of hydrogen-bond acceptors (Lipinski definition) is 7. The first-order valence-corrected chi connectivity index (χ1v) is 13.5. The third kappa shape index (κ3) is 6.51. The van der Waals surface area contributed by atoms with E-state index in [1.165, 1.54) is 29.2 Å². The van der Waals surface area contributed by atoms with Gasteiger partial charge in [0.05, 0.1) is 12.7 Å². The van der Waals surface area contributed by atoms with E-state index in [1.54, 1.807) is 55.6 Å². The highest BCUT2D eigenvalue weighted by atomic mass is 19.1. The Morgan fingerprint density at radius 2 is 1.83 bits per heavy atom. The zero-order chi connectivity index (χ0) is 28.8. The van der Waals surface area contributed by atoms with Crippen molar-refractivity contribution in [3.8, 4) is 22.9 Å². The van der Waals surface area contributed by atoms with Crippen molar-refractivity contribution in [3.63, 3.8) is 0 Å². The van der Waals surface area contributed by atoms with Crippen LogP contribution in [0.25, 0.3) is 11.4 Å². The molecule has 41 heavy (non-hydrogen) atoms. The molecule has 5 rings (SSSR count). The summed E-state index contributed by atoms with van der Waals surface area (Å²) in [5, 5.41) is 25.5. The summed E-state index contributed by atoms with van der Waals surface area (Å²) in [6, 6.07) is 18.0. The highest BCUT2D eigenvalue weighted by molar-refractivity contribution is 6.01. The van der Waals surface area contributed by atoms with Crippen molar-refractivity contribution in [2.24, 2.45) is 0 Å². The molecule has 10 nitrogen and oxygen atoms in total. The van der Waals surface area contributed by atoms with E-state index in [1.807, 2.05) is 0 Å². The molecule has 0 spiro atoms. The van der Waals surface area contributed by atoms with Crippen LogP contribution in [0.3, 0.4) is 0 Å². The first-order valence-electron chi connectivity index (χ1n) is 13.5. The first-order chi connectivity index (χ1) is 19.9. The average Bonchev–Trinajstić information content (AvgIpc) is 3.44. The van der Waals surface area contributed by atoms with Crippen LogP contribution in [-0.2, 0) is 16.1 Å². The monoisotopic (exact) mass is 558 g/mol. The number of anilines is 1. The van der Waals surface area contributed by atoms with Gasteiger partial charge in [0.25, 0.3) is 5.91 Å². The molecular formula is C30H31FN6O4. The summed E-state index contributed by atoms with van der Waals surface area (Å²) in [5.41, 5.74) is 1.01. The zero-order valence-corrected chi connectivity index (χ0v) is 22.6. The fraction of sp³-hybridized carbons (Fsp3) is 0.300. The lowest BCUT2D eigenvalue weighted by Crippen LogP contribution is -2.48. The minimum Gasteiger partial charge on any atom is -0.508 e. The predicted octanol–water partition coefficient (Wildman–Crippen LogP) is 4.42. The van der Waals surface area contributed by atoms with E-state index in [0.29, 0.717) is 17.0 Å². The van der Waals surface area contributed by atoms with Gasteiger partial charge in [-0.05, 0) is 60.0 Å². The van der Waals surface area contributed by atoms with Crippen LogP contribution in [0, 0.1) is 5.82 Å².